The molecule has 2 amide bonds. The first-order valence-electron chi connectivity index (χ1n) is 11.3. The number of methoxy groups -OCH3 is 2. The zero-order valence-corrected chi connectivity index (χ0v) is 22.1. The maximum Gasteiger partial charge on any atom is 0.408 e. The number of nitrogens with zero attached hydrogens (tertiary/aromatic N) is 1. The molecule has 200 valence electrons. The van der Waals surface area contributed by atoms with Crippen molar-refractivity contribution in [2.24, 2.45) is 5.92 Å². The highest BCUT2D eigenvalue weighted by molar-refractivity contribution is 6.04. The van der Waals surface area contributed by atoms with Crippen molar-refractivity contribution >= 4 is 29.9 Å². The van der Waals surface area contributed by atoms with Gasteiger partial charge in [0.15, 0.2) is 12.0 Å². The summed E-state index contributed by atoms with van der Waals surface area (Å²) in [5.41, 5.74) is -1.11. The molecule has 0 aliphatic heterocycles. The van der Waals surface area contributed by atoms with Gasteiger partial charge < -0.3 is 29.2 Å². The minimum Gasteiger partial charge on any atom is -0.468 e. The second kappa shape index (κ2) is 12.9. The van der Waals surface area contributed by atoms with Crippen molar-refractivity contribution in [3.8, 4) is 0 Å². The van der Waals surface area contributed by atoms with Crippen molar-refractivity contribution < 1.29 is 42.9 Å². The van der Waals surface area contributed by atoms with Gasteiger partial charge in [0.1, 0.15) is 17.7 Å². The predicted octanol–water partition coefficient (Wildman–Crippen LogP) is 2.21. The first-order chi connectivity index (χ1) is 16.6. The number of esters is 3. The Hall–Kier alpha value is -3.63. The van der Waals surface area contributed by atoms with Gasteiger partial charge in [-0.2, -0.15) is 0 Å². The summed E-state index contributed by atoms with van der Waals surface area (Å²) in [4.78, 5) is 65.2. The molecule has 1 N–H and O–H groups in total. The normalized spacial score (nSPS) is 13.0. The molecule has 0 saturated carbocycles. The van der Waals surface area contributed by atoms with Gasteiger partial charge in [0.05, 0.1) is 14.2 Å². The highest BCUT2D eigenvalue weighted by Crippen LogP contribution is 2.18. The molecule has 1 rings (SSSR count). The van der Waals surface area contributed by atoms with Gasteiger partial charge in [0.2, 0.25) is 5.91 Å². The maximum atomic E-state index is 13.7. The predicted molar refractivity (Wildman–Crippen MR) is 128 cm³/mol. The van der Waals surface area contributed by atoms with Crippen LogP contribution in [0.4, 0.5) is 4.79 Å². The zero-order valence-electron chi connectivity index (χ0n) is 22.1. The standard InChI is InChI=1S/C25H36N2O9/c1-24(2,3)35-17(28)15-27(14-16-12-10-9-11-13-16)20(29)18(21(30)33-7)19(22(31)34-8)26-23(32)36-25(4,5)6/h9-13,18-19H,14-15H2,1-8H3,(H,26,32). The molecule has 11 nitrogen and oxygen atoms in total. The third kappa shape index (κ3) is 10.3. The van der Waals surface area contributed by atoms with Crippen LogP contribution in [0.1, 0.15) is 47.1 Å². The van der Waals surface area contributed by atoms with Crippen molar-refractivity contribution in [3.05, 3.63) is 35.9 Å². The second-order valence-electron chi connectivity index (χ2n) is 9.91. The molecular formula is C25H36N2O9. The van der Waals surface area contributed by atoms with Crippen LogP contribution in [0, 0.1) is 5.92 Å². The van der Waals surface area contributed by atoms with Gasteiger partial charge in [-0.3, -0.25) is 14.4 Å². The average molecular weight is 509 g/mol. The van der Waals surface area contributed by atoms with E-state index >= 15 is 0 Å². The summed E-state index contributed by atoms with van der Waals surface area (Å²) < 4.78 is 20.0. The van der Waals surface area contributed by atoms with Gasteiger partial charge in [-0.05, 0) is 47.1 Å². The number of rotatable bonds is 9. The molecular weight excluding hydrogens is 472 g/mol. The molecule has 1 aromatic carbocycles. The highest BCUT2D eigenvalue weighted by atomic mass is 16.6. The highest BCUT2D eigenvalue weighted by Gasteiger charge is 2.45. The van der Waals surface area contributed by atoms with E-state index in [0.29, 0.717) is 5.56 Å². The van der Waals surface area contributed by atoms with E-state index in [2.05, 4.69) is 5.32 Å². The molecule has 0 fully saturated rings. The summed E-state index contributed by atoms with van der Waals surface area (Å²) in [6, 6.07) is 6.91. The minimum atomic E-state index is -1.87. The van der Waals surface area contributed by atoms with Gasteiger partial charge in [-0.25, -0.2) is 9.59 Å². The van der Waals surface area contributed by atoms with Crippen LogP contribution in [-0.2, 0) is 44.7 Å². The molecule has 2 atom stereocenters. The fraction of sp³-hybridized carbons (Fsp3) is 0.560. The fourth-order valence-corrected chi connectivity index (χ4v) is 3.09. The molecule has 0 spiro atoms. The van der Waals surface area contributed by atoms with Crippen LogP contribution < -0.4 is 5.32 Å². The first kappa shape index (κ1) is 30.4. The number of nitrogens with one attached hydrogen (secondary N) is 1. The number of alkyl carbamates (subject to hydrolysis) is 1. The Balaban J connectivity index is 3.43. The summed E-state index contributed by atoms with van der Waals surface area (Å²) >= 11 is 0. The summed E-state index contributed by atoms with van der Waals surface area (Å²) in [6.07, 6.45) is -1.05. The summed E-state index contributed by atoms with van der Waals surface area (Å²) in [5, 5.41) is 2.23. The van der Waals surface area contributed by atoms with Crippen molar-refractivity contribution in [2.75, 3.05) is 20.8 Å². The van der Waals surface area contributed by atoms with E-state index in [0.717, 1.165) is 19.1 Å². The number of benzene rings is 1. The molecule has 0 heterocycles. The Kier molecular flexibility index (Phi) is 10.9. The number of amides is 2. The van der Waals surface area contributed by atoms with Crippen LogP contribution in [0.15, 0.2) is 30.3 Å². The largest absolute Gasteiger partial charge is 0.468 e. The Morgan fingerprint density at radius 3 is 1.83 bits per heavy atom. The monoisotopic (exact) mass is 508 g/mol. The number of hydrogen-bond donors (Lipinski definition) is 1. The Morgan fingerprint density at radius 1 is 0.833 bits per heavy atom. The molecule has 0 aliphatic rings. The molecule has 1 aromatic rings. The quantitative estimate of drug-likeness (QED) is 0.302. The van der Waals surface area contributed by atoms with Crippen molar-refractivity contribution in [1.29, 1.82) is 0 Å². The molecule has 0 saturated heterocycles. The zero-order chi connectivity index (χ0) is 27.7. The lowest BCUT2D eigenvalue weighted by Gasteiger charge is -2.30. The Morgan fingerprint density at radius 2 is 1.36 bits per heavy atom. The lowest BCUT2D eigenvalue weighted by molar-refractivity contribution is -0.166. The molecule has 36 heavy (non-hydrogen) atoms. The smallest absolute Gasteiger partial charge is 0.408 e. The Labute approximate surface area is 211 Å². The van der Waals surface area contributed by atoms with Crippen LogP contribution in [0.2, 0.25) is 0 Å². The van der Waals surface area contributed by atoms with E-state index in [1.165, 1.54) is 0 Å². The summed E-state index contributed by atoms with van der Waals surface area (Å²) in [7, 11) is 2.06. The Bertz CT molecular complexity index is 933. The van der Waals surface area contributed by atoms with E-state index in [-0.39, 0.29) is 6.54 Å². The molecule has 0 aliphatic carbocycles. The van der Waals surface area contributed by atoms with E-state index in [1.54, 1.807) is 71.9 Å². The fourth-order valence-electron chi connectivity index (χ4n) is 3.09. The average Bonchev–Trinajstić information content (AvgIpc) is 2.75. The number of ether oxygens (including phenoxy) is 4. The van der Waals surface area contributed by atoms with Crippen LogP contribution in [-0.4, -0.2) is 72.8 Å². The number of carbonyl (C=O) groups is 5. The van der Waals surface area contributed by atoms with E-state index in [1.807, 2.05) is 0 Å². The van der Waals surface area contributed by atoms with Gasteiger partial charge in [-0.15, -0.1) is 0 Å². The van der Waals surface area contributed by atoms with E-state index in [4.69, 9.17) is 18.9 Å². The van der Waals surface area contributed by atoms with Gasteiger partial charge >= 0.3 is 24.0 Å². The summed E-state index contributed by atoms with van der Waals surface area (Å²) in [6.45, 7) is 9.20. The molecule has 0 aromatic heterocycles. The molecule has 0 bridgehead atoms. The van der Waals surface area contributed by atoms with Gasteiger partial charge in [0, 0.05) is 6.54 Å². The van der Waals surface area contributed by atoms with Crippen LogP contribution >= 0.6 is 0 Å². The van der Waals surface area contributed by atoms with E-state index in [9.17, 15) is 24.0 Å². The van der Waals surface area contributed by atoms with Crippen LogP contribution in [0.3, 0.4) is 0 Å². The van der Waals surface area contributed by atoms with Gasteiger partial charge in [0.25, 0.3) is 0 Å². The van der Waals surface area contributed by atoms with E-state index < -0.39 is 59.6 Å². The maximum absolute atomic E-state index is 13.7. The van der Waals surface area contributed by atoms with Crippen molar-refractivity contribution in [2.45, 2.75) is 65.3 Å². The lowest BCUT2D eigenvalue weighted by Crippen LogP contribution is -2.56. The third-order valence-electron chi connectivity index (χ3n) is 4.45. The van der Waals surface area contributed by atoms with Crippen molar-refractivity contribution in [1.82, 2.24) is 10.2 Å². The topological polar surface area (TPSA) is 138 Å². The number of hydrogen-bond acceptors (Lipinski definition) is 9. The van der Waals surface area contributed by atoms with Crippen molar-refractivity contribution in [3.63, 3.8) is 0 Å². The molecule has 11 heteroatoms. The van der Waals surface area contributed by atoms with Crippen LogP contribution in [0.5, 0.6) is 0 Å². The van der Waals surface area contributed by atoms with Crippen LogP contribution in [0.25, 0.3) is 0 Å². The molecule has 2 unspecified atom stereocenters. The second-order valence-corrected chi connectivity index (χ2v) is 9.91. The van der Waals surface area contributed by atoms with Gasteiger partial charge in [-0.1, -0.05) is 30.3 Å². The molecule has 0 radical (unpaired) electrons. The number of carbonyl (C=O) groups excluding carboxylic acids is 5. The lowest BCUT2D eigenvalue weighted by atomic mass is 9.97. The third-order valence-corrected chi connectivity index (χ3v) is 4.45. The first-order valence-corrected chi connectivity index (χ1v) is 11.3. The SMILES string of the molecule is COC(=O)C(NC(=O)OC(C)(C)C)C(C(=O)OC)C(=O)N(CC(=O)OC(C)(C)C)Cc1ccccc1. The minimum absolute atomic E-state index is 0.0905. The summed E-state index contributed by atoms with van der Waals surface area (Å²) in [5.74, 6) is -5.76.